The highest BCUT2D eigenvalue weighted by Gasteiger charge is 2.22. The van der Waals surface area contributed by atoms with Gasteiger partial charge in [0.15, 0.2) is 11.5 Å². The van der Waals surface area contributed by atoms with Crippen molar-refractivity contribution >= 4 is 44.7 Å². The molecule has 3 aromatic rings. The van der Waals surface area contributed by atoms with Crippen molar-refractivity contribution in [1.82, 2.24) is 5.32 Å². The van der Waals surface area contributed by atoms with Crippen molar-refractivity contribution in [3.05, 3.63) is 92.6 Å². The van der Waals surface area contributed by atoms with Crippen LogP contribution in [0, 0.1) is 21.8 Å². The number of nitrogens with zero attached hydrogens (tertiary/aromatic N) is 1. The predicted molar refractivity (Wildman–Crippen MR) is 141 cm³/mol. The lowest BCUT2D eigenvalue weighted by molar-refractivity contribution is -0.117. The van der Waals surface area contributed by atoms with E-state index in [4.69, 9.17) is 8.92 Å². The molecule has 0 atom stereocenters. The van der Waals surface area contributed by atoms with E-state index in [1.807, 2.05) is 65.9 Å². The number of rotatable bonds is 9. The Morgan fingerprint density at radius 3 is 2.43 bits per heavy atom. The van der Waals surface area contributed by atoms with E-state index in [1.54, 1.807) is 25.1 Å². The van der Waals surface area contributed by atoms with E-state index < -0.39 is 16.0 Å². The molecule has 0 aromatic heterocycles. The lowest BCUT2D eigenvalue weighted by Crippen LogP contribution is -2.23. The summed E-state index contributed by atoms with van der Waals surface area (Å²) in [5.74, 6) is -0.299. The zero-order valence-electron chi connectivity index (χ0n) is 19.1. The van der Waals surface area contributed by atoms with Gasteiger partial charge in [-0.05, 0) is 77.9 Å². The molecule has 0 heterocycles. The zero-order chi connectivity index (χ0) is 25.4. The molecule has 0 aliphatic carbocycles. The Bertz CT molecular complexity index is 1380. The summed E-state index contributed by atoms with van der Waals surface area (Å²) in [6.45, 7) is 4.15. The number of halogens is 1. The first-order chi connectivity index (χ1) is 16.7. The average molecular weight is 602 g/mol. The molecule has 7 nitrogen and oxygen atoms in total. The summed E-state index contributed by atoms with van der Waals surface area (Å²) in [5, 5.41) is 12.3. The van der Waals surface area contributed by atoms with Gasteiger partial charge in [-0.25, -0.2) is 0 Å². The van der Waals surface area contributed by atoms with Crippen LogP contribution in [-0.4, -0.2) is 20.9 Å². The first-order valence-corrected chi connectivity index (χ1v) is 13.1. The van der Waals surface area contributed by atoms with Crippen LogP contribution in [0.15, 0.2) is 77.2 Å². The Hall–Kier alpha value is -3.36. The van der Waals surface area contributed by atoms with Gasteiger partial charge in [-0.15, -0.1) is 0 Å². The number of amides is 1. The summed E-state index contributed by atoms with van der Waals surface area (Å²) in [7, 11) is -4.10. The van der Waals surface area contributed by atoms with Crippen molar-refractivity contribution in [1.29, 1.82) is 5.26 Å². The topological polar surface area (TPSA) is 105 Å². The van der Waals surface area contributed by atoms with E-state index in [-0.39, 0.29) is 35.1 Å². The lowest BCUT2D eigenvalue weighted by atomic mass is 10.1. The van der Waals surface area contributed by atoms with Gasteiger partial charge < -0.3 is 14.2 Å². The van der Waals surface area contributed by atoms with E-state index in [0.717, 1.165) is 11.1 Å². The third kappa shape index (κ3) is 7.07. The molecule has 1 amide bonds. The van der Waals surface area contributed by atoms with Crippen LogP contribution in [0.5, 0.6) is 11.5 Å². The summed E-state index contributed by atoms with van der Waals surface area (Å²) in [6, 6.07) is 20.7. The molecule has 9 heteroatoms. The van der Waals surface area contributed by atoms with Crippen molar-refractivity contribution in [3.8, 4) is 17.6 Å². The van der Waals surface area contributed by atoms with E-state index in [1.165, 1.54) is 24.3 Å². The number of carbonyl (C=O) groups excluding carboxylic acids is 1. The standard InChI is InChI=1S/C26H23IN2O5S/c1-3-33-24-15-20(13-21(16-28)26(30)29-17-19-7-5-4-6-8-19)14-23(27)25(24)34-35(31,32)22-11-9-18(2)10-12-22/h4-15H,3,17H2,1-2H3,(H,29,30)/b21-13+. The van der Waals surface area contributed by atoms with Gasteiger partial charge in [0.2, 0.25) is 0 Å². The number of nitriles is 1. The van der Waals surface area contributed by atoms with Crippen molar-refractivity contribution in [3.63, 3.8) is 0 Å². The first kappa shape index (κ1) is 26.2. The molecule has 0 saturated heterocycles. The molecule has 180 valence electrons. The highest BCUT2D eigenvalue weighted by molar-refractivity contribution is 14.1. The minimum Gasteiger partial charge on any atom is -0.490 e. The monoisotopic (exact) mass is 602 g/mol. The van der Waals surface area contributed by atoms with Gasteiger partial charge in [0, 0.05) is 6.54 Å². The van der Waals surface area contributed by atoms with Crippen LogP contribution in [0.1, 0.15) is 23.6 Å². The Kier molecular flexibility index (Phi) is 8.89. The number of carbonyl (C=O) groups is 1. The van der Waals surface area contributed by atoms with Crippen molar-refractivity contribution in [2.24, 2.45) is 0 Å². The Morgan fingerprint density at radius 2 is 1.80 bits per heavy atom. The molecule has 0 unspecified atom stereocenters. The lowest BCUT2D eigenvalue weighted by Gasteiger charge is -2.15. The van der Waals surface area contributed by atoms with Gasteiger partial charge in [0.05, 0.1) is 10.2 Å². The molecule has 0 spiro atoms. The van der Waals surface area contributed by atoms with E-state index >= 15 is 0 Å². The maximum Gasteiger partial charge on any atom is 0.339 e. The number of benzene rings is 3. The summed E-state index contributed by atoms with van der Waals surface area (Å²) in [4.78, 5) is 12.6. The Morgan fingerprint density at radius 1 is 1.11 bits per heavy atom. The molecule has 0 radical (unpaired) electrons. The molecule has 3 rings (SSSR count). The number of ether oxygens (including phenoxy) is 1. The van der Waals surface area contributed by atoms with Gasteiger partial charge in [0.1, 0.15) is 16.5 Å². The van der Waals surface area contributed by atoms with E-state index in [0.29, 0.717) is 9.13 Å². The Balaban J connectivity index is 1.88. The van der Waals surface area contributed by atoms with Crippen LogP contribution in [0.3, 0.4) is 0 Å². The fourth-order valence-corrected chi connectivity index (χ4v) is 4.91. The van der Waals surface area contributed by atoms with E-state index in [9.17, 15) is 18.5 Å². The smallest absolute Gasteiger partial charge is 0.339 e. The quantitative estimate of drug-likeness (QED) is 0.160. The molecule has 0 bridgehead atoms. The van der Waals surface area contributed by atoms with Crippen LogP contribution in [0.4, 0.5) is 0 Å². The second-order valence-electron chi connectivity index (χ2n) is 7.45. The fraction of sp³-hybridized carbons (Fsp3) is 0.154. The second-order valence-corrected chi connectivity index (χ2v) is 10.2. The van der Waals surface area contributed by atoms with Gasteiger partial charge in [-0.1, -0.05) is 48.0 Å². The van der Waals surface area contributed by atoms with Crippen molar-refractivity contribution in [2.75, 3.05) is 6.61 Å². The van der Waals surface area contributed by atoms with Crippen molar-refractivity contribution < 1.29 is 22.1 Å². The average Bonchev–Trinajstić information content (AvgIpc) is 2.84. The highest BCUT2D eigenvalue weighted by atomic mass is 127. The third-order valence-corrected chi connectivity index (χ3v) is 6.84. The minimum absolute atomic E-state index is 0.0205. The molecule has 0 aliphatic heterocycles. The largest absolute Gasteiger partial charge is 0.490 e. The Labute approximate surface area is 218 Å². The molecule has 0 fully saturated rings. The molecule has 0 aliphatic rings. The van der Waals surface area contributed by atoms with Crippen LogP contribution >= 0.6 is 22.6 Å². The van der Waals surface area contributed by atoms with Crippen molar-refractivity contribution in [2.45, 2.75) is 25.3 Å². The van der Waals surface area contributed by atoms with Crippen LogP contribution in [0.25, 0.3) is 6.08 Å². The normalized spacial score (nSPS) is 11.4. The van der Waals surface area contributed by atoms with Crippen LogP contribution < -0.4 is 14.2 Å². The number of hydrogen-bond donors (Lipinski definition) is 1. The van der Waals surface area contributed by atoms with Crippen LogP contribution in [0.2, 0.25) is 0 Å². The number of hydrogen-bond acceptors (Lipinski definition) is 6. The van der Waals surface area contributed by atoms with Crippen LogP contribution in [-0.2, 0) is 21.5 Å². The van der Waals surface area contributed by atoms with Gasteiger partial charge in [-0.3, -0.25) is 4.79 Å². The first-order valence-electron chi connectivity index (χ1n) is 10.6. The fourth-order valence-electron chi connectivity index (χ4n) is 3.07. The van der Waals surface area contributed by atoms with E-state index in [2.05, 4.69) is 5.32 Å². The molecular formula is C26H23IN2O5S. The molecule has 0 saturated carbocycles. The maximum atomic E-state index is 12.8. The zero-order valence-corrected chi connectivity index (χ0v) is 22.1. The molecule has 3 aromatic carbocycles. The van der Waals surface area contributed by atoms with Gasteiger partial charge in [-0.2, -0.15) is 13.7 Å². The second kappa shape index (κ2) is 11.9. The molecular weight excluding hydrogens is 579 g/mol. The number of aryl methyl sites for hydroxylation is 1. The summed E-state index contributed by atoms with van der Waals surface area (Å²) in [6.07, 6.45) is 1.42. The highest BCUT2D eigenvalue weighted by Crippen LogP contribution is 2.37. The van der Waals surface area contributed by atoms with Gasteiger partial charge in [0.25, 0.3) is 5.91 Å². The number of nitrogens with one attached hydrogen (secondary N) is 1. The summed E-state index contributed by atoms with van der Waals surface area (Å²) >= 11 is 1.93. The predicted octanol–water partition coefficient (Wildman–Crippen LogP) is 4.99. The molecule has 35 heavy (non-hydrogen) atoms. The third-order valence-electron chi connectivity index (χ3n) is 4.81. The summed E-state index contributed by atoms with van der Waals surface area (Å²) < 4.78 is 37.2. The molecule has 1 N–H and O–H groups in total. The van der Waals surface area contributed by atoms with Gasteiger partial charge >= 0.3 is 10.1 Å². The minimum atomic E-state index is -4.10. The summed E-state index contributed by atoms with van der Waals surface area (Å²) in [5.41, 5.74) is 2.22. The maximum absolute atomic E-state index is 12.8. The SMILES string of the molecule is CCOc1cc(/C=C(\C#N)C(=O)NCc2ccccc2)cc(I)c1OS(=O)(=O)c1ccc(C)cc1.